The van der Waals surface area contributed by atoms with Gasteiger partial charge in [-0.05, 0) is 86.9 Å². The number of benzene rings is 2. The number of rotatable bonds is 5. The van der Waals surface area contributed by atoms with Crippen LogP contribution < -0.4 is 10.6 Å². The van der Waals surface area contributed by atoms with Crippen LogP contribution >= 0.6 is 0 Å². The fourth-order valence-electron chi connectivity index (χ4n) is 4.23. The Morgan fingerprint density at radius 1 is 0.970 bits per heavy atom. The predicted octanol–water partition coefficient (Wildman–Crippen LogP) is 5.26. The van der Waals surface area contributed by atoms with Crippen molar-refractivity contribution >= 4 is 11.6 Å². The minimum atomic E-state index is -0.290. The van der Waals surface area contributed by atoms with Crippen LogP contribution in [0.2, 0.25) is 0 Å². The van der Waals surface area contributed by atoms with Gasteiger partial charge in [-0.1, -0.05) is 0 Å². The molecule has 0 bridgehead atoms. The van der Waals surface area contributed by atoms with E-state index >= 15 is 0 Å². The van der Waals surface area contributed by atoms with Crippen molar-refractivity contribution < 1.29 is 8.78 Å². The van der Waals surface area contributed by atoms with Gasteiger partial charge < -0.3 is 15.2 Å². The lowest BCUT2D eigenvalue weighted by Gasteiger charge is -2.25. The highest BCUT2D eigenvalue weighted by Gasteiger charge is 2.23. The first-order chi connectivity index (χ1) is 16.1. The van der Waals surface area contributed by atoms with Crippen LogP contribution in [0.15, 0.2) is 61.1 Å². The summed E-state index contributed by atoms with van der Waals surface area (Å²) >= 11 is 0. The van der Waals surface area contributed by atoms with E-state index in [-0.39, 0.29) is 17.7 Å². The number of piperidine rings is 1. The highest BCUT2D eigenvalue weighted by Crippen LogP contribution is 2.35. The molecule has 0 radical (unpaired) electrons. The number of hydrogen-bond donors (Lipinski definition) is 2. The van der Waals surface area contributed by atoms with Crippen molar-refractivity contribution in [2.75, 3.05) is 18.4 Å². The summed E-state index contributed by atoms with van der Waals surface area (Å²) in [6.45, 7) is 3.71. The van der Waals surface area contributed by atoms with Crippen LogP contribution in [0.4, 0.5) is 20.4 Å². The molecule has 6 nitrogen and oxygen atoms in total. The maximum atomic E-state index is 13.6. The van der Waals surface area contributed by atoms with Crippen molar-refractivity contribution in [3.63, 3.8) is 0 Å². The first kappa shape index (κ1) is 21.2. The van der Waals surface area contributed by atoms with E-state index in [1.165, 1.54) is 24.3 Å². The number of nitrogens with one attached hydrogen (secondary N) is 2. The molecule has 3 heterocycles. The zero-order valence-corrected chi connectivity index (χ0v) is 18.2. The predicted molar refractivity (Wildman–Crippen MR) is 124 cm³/mol. The molecule has 1 aliphatic heterocycles. The molecule has 0 atom stereocenters. The number of imidazole rings is 1. The molecule has 2 N–H and O–H groups in total. The molecular formula is C25H24F2N6. The number of aryl methyl sites for hydroxylation is 1. The molecule has 0 amide bonds. The third kappa shape index (κ3) is 4.47. The van der Waals surface area contributed by atoms with Crippen molar-refractivity contribution in [1.29, 1.82) is 0 Å². The third-order valence-electron chi connectivity index (χ3n) is 5.95. The fraction of sp³-hybridized carbons (Fsp3) is 0.240. The fourth-order valence-corrected chi connectivity index (χ4v) is 4.23. The minimum Gasteiger partial charge on any atom is -0.326 e. The van der Waals surface area contributed by atoms with Crippen LogP contribution in [-0.4, -0.2) is 32.6 Å². The summed E-state index contributed by atoms with van der Waals surface area (Å²) in [7, 11) is 0. The van der Waals surface area contributed by atoms with Gasteiger partial charge in [0.25, 0.3) is 0 Å². The van der Waals surface area contributed by atoms with E-state index in [1.807, 2.05) is 19.3 Å². The largest absolute Gasteiger partial charge is 0.326 e. The Morgan fingerprint density at radius 2 is 1.73 bits per heavy atom. The Balaban J connectivity index is 1.57. The van der Waals surface area contributed by atoms with E-state index in [1.54, 1.807) is 24.4 Å². The van der Waals surface area contributed by atoms with Gasteiger partial charge in [0.05, 0.1) is 23.4 Å². The van der Waals surface area contributed by atoms with Crippen LogP contribution in [-0.2, 0) is 0 Å². The Hall–Kier alpha value is -3.65. The van der Waals surface area contributed by atoms with Gasteiger partial charge in [0.2, 0.25) is 5.95 Å². The first-order valence-corrected chi connectivity index (χ1v) is 11.0. The van der Waals surface area contributed by atoms with Gasteiger partial charge in [0.15, 0.2) is 0 Å². The van der Waals surface area contributed by atoms with Crippen LogP contribution in [0.3, 0.4) is 0 Å². The molecule has 1 saturated heterocycles. The van der Waals surface area contributed by atoms with Crippen LogP contribution in [0.5, 0.6) is 0 Å². The number of nitrogens with zero attached hydrogens (tertiary/aromatic N) is 4. The molecule has 168 valence electrons. The van der Waals surface area contributed by atoms with Gasteiger partial charge in [-0.25, -0.2) is 23.7 Å². The molecule has 4 aromatic rings. The van der Waals surface area contributed by atoms with Crippen molar-refractivity contribution in [1.82, 2.24) is 24.8 Å². The molecule has 2 aromatic carbocycles. The maximum absolute atomic E-state index is 13.6. The summed E-state index contributed by atoms with van der Waals surface area (Å²) in [5.41, 5.74) is 4.64. The van der Waals surface area contributed by atoms with E-state index in [0.29, 0.717) is 11.6 Å². The van der Waals surface area contributed by atoms with Crippen LogP contribution in [0.25, 0.3) is 22.6 Å². The van der Waals surface area contributed by atoms with Crippen molar-refractivity contribution in [2.24, 2.45) is 0 Å². The normalized spacial score (nSPS) is 14.4. The highest BCUT2D eigenvalue weighted by atomic mass is 19.1. The van der Waals surface area contributed by atoms with Gasteiger partial charge in [0, 0.05) is 23.5 Å². The molecule has 8 heteroatoms. The third-order valence-corrected chi connectivity index (χ3v) is 5.95. The summed E-state index contributed by atoms with van der Waals surface area (Å²) in [5.74, 6) is -0.172. The number of hydrogen-bond acceptors (Lipinski definition) is 5. The number of anilines is 2. The summed E-state index contributed by atoms with van der Waals surface area (Å²) in [6, 6.07) is 13.0. The zero-order chi connectivity index (χ0) is 22.8. The highest BCUT2D eigenvalue weighted by molar-refractivity contribution is 5.77. The Kier molecular flexibility index (Phi) is 5.83. The molecule has 33 heavy (non-hydrogen) atoms. The monoisotopic (exact) mass is 446 g/mol. The van der Waals surface area contributed by atoms with E-state index in [9.17, 15) is 8.78 Å². The van der Waals surface area contributed by atoms with Gasteiger partial charge in [-0.3, -0.25) is 0 Å². The number of halogens is 2. The van der Waals surface area contributed by atoms with E-state index in [2.05, 4.69) is 20.2 Å². The van der Waals surface area contributed by atoms with E-state index in [4.69, 9.17) is 9.97 Å². The lowest BCUT2D eigenvalue weighted by molar-refractivity contribution is 0.370. The molecule has 0 unspecified atom stereocenters. The Morgan fingerprint density at radius 3 is 2.48 bits per heavy atom. The molecule has 0 spiro atoms. The second-order valence-corrected chi connectivity index (χ2v) is 8.19. The summed E-state index contributed by atoms with van der Waals surface area (Å²) in [4.78, 5) is 13.8. The average molecular weight is 447 g/mol. The topological polar surface area (TPSA) is 67.7 Å². The first-order valence-electron chi connectivity index (χ1n) is 11.0. The average Bonchev–Trinajstić information content (AvgIpc) is 3.27. The van der Waals surface area contributed by atoms with Crippen LogP contribution in [0.1, 0.15) is 24.4 Å². The smallest absolute Gasteiger partial charge is 0.227 e. The molecule has 0 saturated carbocycles. The Bertz CT molecular complexity index is 1260. The lowest BCUT2D eigenvalue weighted by atomic mass is 10.0. The molecule has 2 aromatic heterocycles. The second kappa shape index (κ2) is 9.07. The zero-order valence-electron chi connectivity index (χ0n) is 18.2. The standard InChI is InChI=1S/C25H24F2N6/c1-16-14-19(27)6-7-21(16)31-25-29-13-10-22(32-25)24-23(17-2-4-18(26)5-3-17)30-15-33(24)20-8-11-28-12-9-20/h2-7,10,13-15,20,28H,8-9,11-12H2,1H3,(H,29,31,32). The molecule has 1 aliphatic rings. The summed E-state index contributed by atoms with van der Waals surface area (Å²) in [5, 5.41) is 6.59. The molecule has 0 aliphatic carbocycles. The lowest BCUT2D eigenvalue weighted by Crippen LogP contribution is -2.29. The SMILES string of the molecule is Cc1cc(F)ccc1Nc1nccc(-c2c(-c3ccc(F)cc3)ncn2C2CCNCC2)n1. The van der Waals surface area contributed by atoms with Gasteiger partial charge in [0.1, 0.15) is 11.6 Å². The number of aromatic nitrogens is 4. The quantitative estimate of drug-likeness (QED) is 0.438. The maximum Gasteiger partial charge on any atom is 0.227 e. The summed E-state index contributed by atoms with van der Waals surface area (Å²) in [6.07, 6.45) is 5.51. The van der Waals surface area contributed by atoms with E-state index < -0.39 is 0 Å². The van der Waals surface area contributed by atoms with E-state index in [0.717, 1.165) is 54.1 Å². The molecule has 1 fully saturated rings. The van der Waals surface area contributed by atoms with Gasteiger partial charge >= 0.3 is 0 Å². The molecule has 5 rings (SSSR count). The minimum absolute atomic E-state index is 0.286. The van der Waals surface area contributed by atoms with Crippen LogP contribution in [0, 0.1) is 18.6 Å². The van der Waals surface area contributed by atoms with Gasteiger partial charge in [-0.2, -0.15) is 0 Å². The van der Waals surface area contributed by atoms with Gasteiger partial charge in [-0.15, -0.1) is 0 Å². The van der Waals surface area contributed by atoms with Crippen molar-refractivity contribution in [3.8, 4) is 22.6 Å². The Labute approximate surface area is 190 Å². The van der Waals surface area contributed by atoms with Crippen molar-refractivity contribution in [2.45, 2.75) is 25.8 Å². The molecular weight excluding hydrogens is 422 g/mol. The second-order valence-electron chi connectivity index (χ2n) is 8.19. The summed E-state index contributed by atoms with van der Waals surface area (Å²) < 4.78 is 29.2. The van der Waals surface area contributed by atoms with Crippen molar-refractivity contribution in [3.05, 3.63) is 78.3 Å².